The first kappa shape index (κ1) is 11.5. The number of hydrogen-bond acceptors (Lipinski definition) is 2. The molecule has 0 unspecified atom stereocenters. The molecule has 0 bridgehead atoms. The van der Waals surface area contributed by atoms with Crippen LogP contribution in [0.1, 0.15) is 24.5 Å². The maximum Gasteiger partial charge on any atom is 0.395 e. The molecule has 5 heteroatoms. The normalized spacial score (nSPS) is 12.4. The molecule has 0 aliphatic heterocycles. The van der Waals surface area contributed by atoms with Crippen molar-refractivity contribution in [2.45, 2.75) is 32.9 Å². The van der Waals surface area contributed by atoms with E-state index in [0.29, 0.717) is 5.92 Å². The van der Waals surface area contributed by atoms with Crippen molar-refractivity contribution < 1.29 is 13.2 Å². The van der Waals surface area contributed by atoms with Gasteiger partial charge >= 0.3 is 6.18 Å². The Bertz CT molecular complexity index is 290. The van der Waals surface area contributed by atoms with E-state index in [1.807, 2.05) is 13.8 Å². The van der Waals surface area contributed by atoms with E-state index >= 15 is 0 Å². The summed E-state index contributed by atoms with van der Waals surface area (Å²) < 4.78 is 35.9. The van der Waals surface area contributed by atoms with Crippen molar-refractivity contribution in [2.75, 3.05) is 0 Å². The van der Waals surface area contributed by atoms with Gasteiger partial charge < -0.3 is 0 Å². The number of thiazole rings is 1. The molecular formula is C9H12F3NS. The second-order valence-corrected chi connectivity index (χ2v) is 4.57. The van der Waals surface area contributed by atoms with Crippen molar-refractivity contribution in [1.29, 1.82) is 0 Å². The fourth-order valence-electron chi connectivity index (χ4n) is 1.11. The van der Waals surface area contributed by atoms with Crippen LogP contribution in [-0.4, -0.2) is 11.2 Å². The van der Waals surface area contributed by atoms with Gasteiger partial charge in [0.05, 0.1) is 12.1 Å². The fourth-order valence-corrected chi connectivity index (χ4v) is 1.95. The van der Waals surface area contributed by atoms with E-state index in [4.69, 9.17) is 0 Å². The largest absolute Gasteiger partial charge is 0.395 e. The average Bonchev–Trinajstić information content (AvgIpc) is 2.30. The Morgan fingerprint density at radius 2 is 2.07 bits per heavy atom. The quantitative estimate of drug-likeness (QED) is 0.764. The number of rotatable bonds is 3. The smallest absolute Gasteiger partial charge is 0.246 e. The standard InChI is InChI=1S/C9H12F3NS/c1-6(2)3-7-5-14-8(13-7)4-9(10,11)12/h5-6H,3-4H2,1-2H3. The summed E-state index contributed by atoms with van der Waals surface area (Å²) in [6.07, 6.45) is -4.31. The molecule has 0 saturated carbocycles. The van der Waals surface area contributed by atoms with E-state index in [0.717, 1.165) is 23.5 Å². The summed E-state index contributed by atoms with van der Waals surface area (Å²) in [4.78, 5) is 3.93. The minimum Gasteiger partial charge on any atom is -0.246 e. The Morgan fingerprint density at radius 3 is 2.57 bits per heavy atom. The van der Waals surface area contributed by atoms with Gasteiger partial charge in [-0.1, -0.05) is 13.8 Å². The molecule has 0 spiro atoms. The lowest BCUT2D eigenvalue weighted by atomic mass is 10.1. The molecule has 14 heavy (non-hydrogen) atoms. The molecule has 0 amide bonds. The van der Waals surface area contributed by atoms with Crippen molar-refractivity contribution in [1.82, 2.24) is 4.98 Å². The summed E-state index contributed by atoms with van der Waals surface area (Å²) >= 11 is 1.09. The van der Waals surface area contributed by atoms with Crippen LogP contribution in [0.5, 0.6) is 0 Å². The predicted molar refractivity (Wildman–Crippen MR) is 50.4 cm³/mol. The van der Waals surface area contributed by atoms with Crippen molar-refractivity contribution in [3.8, 4) is 0 Å². The third kappa shape index (κ3) is 4.09. The number of aromatic nitrogens is 1. The van der Waals surface area contributed by atoms with Gasteiger partial charge in [0.25, 0.3) is 0 Å². The molecule has 0 fully saturated rings. The van der Waals surface area contributed by atoms with Crippen LogP contribution in [0.3, 0.4) is 0 Å². The van der Waals surface area contributed by atoms with Crippen LogP contribution in [0.15, 0.2) is 5.38 Å². The Balaban J connectivity index is 2.60. The molecule has 0 radical (unpaired) electrons. The van der Waals surface area contributed by atoms with Gasteiger partial charge in [-0.2, -0.15) is 13.2 Å². The lowest BCUT2D eigenvalue weighted by molar-refractivity contribution is -0.127. The highest BCUT2D eigenvalue weighted by Gasteiger charge is 2.29. The number of nitrogens with zero attached hydrogens (tertiary/aromatic N) is 1. The molecule has 0 aliphatic rings. The van der Waals surface area contributed by atoms with Gasteiger partial charge in [0, 0.05) is 5.38 Å². The summed E-state index contributed by atoms with van der Waals surface area (Å²) in [6.45, 7) is 4.03. The molecule has 1 heterocycles. The first-order valence-corrected chi connectivity index (χ1v) is 5.25. The highest BCUT2D eigenvalue weighted by atomic mass is 32.1. The first-order chi connectivity index (χ1) is 6.37. The van der Waals surface area contributed by atoms with Crippen molar-refractivity contribution >= 4 is 11.3 Å². The SMILES string of the molecule is CC(C)Cc1csc(CC(F)(F)F)n1. The molecule has 0 N–H and O–H groups in total. The zero-order chi connectivity index (χ0) is 10.8. The predicted octanol–water partition coefficient (Wildman–Crippen LogP) is 3.45. The maximum absolute atomic E-state index is 12.0. The van der Waals surface area contributed by atoms with E-state index in [1.54, 1.807) is 5.38 Å². The van der Waals surface area contributed by atoms with Crippen molar-refractivity contribution in [3.05, 3.63) is 16.1 Å². The van der Waals surface area contributed by atoms with E-state index < -0.39 is 12.6 Å². The van der Waals surface area contributed by atoms with E-state index in [2.05, 4.69) is 4.98 Å². The van der Waals surface area contributed by atoms with Crippen molar-refractivity contribution in [2.24, 2.45) is 5.92 Å². The first-order valence-electron chi connectivity index (χ1n) is 4.37. The van der Waals surface area contributed by atoms with Crippen LogP contribution in [-0.2, 0) is 12.8 Å². The van der Waals surface area contributed by atoms with E-state index in [-0.39, 0.29) is 5.01 Å². The van der Waals surface area contributed by atoms with Crippen LogP contribution in [0.25, 0.3) is 0 Å². The van der Waals surface area contributed by atoms with Gasteiger partial charge in [-0.3, -0.25) is 0 Å². The molecule has 0 aliphatic carbocycles. The molecule has 1 aromatic rings. The van der Waals surface area contributed by atoms with Gasteiger partial charge in [-0.25, -0.2) is 4.98 Å². The van der Waals surface area contributed by atoms with Crippen LogP contribution < -0.4 is 0 Å². The van der Waals surface area contributed by atoms with E-state index in [9.17, 15) is 13.2 Å². The zero-order valence-electron chi connectivity index (χ0n) is 8.06. The number of halogens is 3. The third-order valence-electron chi connectivity index (χ3n) is 1.57. The summed E-state index contributed by atoms with van der Waals surface area (Å²) in [5, 5.41) is 1.87. The lowest BCUT2D eigenvalue weighted by Crippen LogP contribution is -2.11. The highest BCUT2D eigenvalue weighted by Crippen LogP contribution is 2.23. The van der Waals surface area contributed by atoms with Crippen LogP contribution >= 0.6 is 11.3 Å². The maximum atomic E-state index is 12.0. The minimum atomic E-state index is -4.15. The Labute approximate surface area is 85.0 Å². The lowest BCUT2D eigenvalue weighted by Gasteiger charge is -2.02. The average molecular weight is 223 g/mol. The van der Waals surface area contributed by atoms with Crippen molar-refractivity contribution in [3.63, 3.8) is 0 Å². The summed E-state index contributed by atoms with van der Waals surface area (Å²) in [6, 6.07) is 0. The van der Waals surface area contributed by atoms with Gasteiger partial charge in [-0.15, -0.1) is 11.3 Å². The molecule has 80 valence electrons. The Morgan fingerprint density at radius 1 is 1.43 bits per heavy atom. The van der Waals surface area contributed by atoms with Crippen LogP contribution in [0, 0.1) is 5.92 Å². The molecule has 1 aromatic heterocycles. The van der Waals surface area contributed by atoms with Crippen LogP contribution in [0.4, 0.5) is 13.2 Å². The molecule has 0 atom stereocenters. The second-order valence-electron chi connectivity index (χ2n) is 3.62. The Hall–Kier alpha value is -0.580. The highest BCUT2D eigenvalue weighted by molar-refractivity contribution is 7.09. The topological polar surface area (TPSA) is 12.9 Å². The summed E-state index contributed by atoms with van der Waals surface area (Å²) in [7, 11) is 0. The van der Waals surface area contributed by atoms with Gasteiger partial charge in [0.2, 0.25) is 0 Å². The molecule has 0 aromatic carbocycles. The second kappa shape index (κ2) is 4.29. The summed E-state index contributed by atoms with van der Waals surface area (Å²) in [5.74, 6) is 0.427. The third-order valence-corrected chi connectivity index (χ3v) is 2.47. The van der Waals surface area contributed by atoms with E-state index in [1.165, 1.54) is 0 Å². The Kier molecular flexibility index (Phi) is 3.53. The molecular weight excluding hydrogens is 211 g/mol. The molecule has 1 rings (SSSR count). The van der Waals surface area contributed by atoms with Gasteiger partial charge in [0.1, 0.15) is 5.01 Å². The van der Waals surface area contributed by atoms with Gasteiger partial charge in [-0.05, 0) is 12.3 Å². The number of hydrogen-bond donors (Lipinski definition) is 0. The fraction of sp³-hybridized carbons (Fsp3) is 0.667. The monoisotopic (exact) mass is 223 g/mol. The molecule has 1 nitrogen and oxygen atoms in total. The van der Waals surface area contributed by atoms with Crippen LogP contribution in [0.2, 0.25) is 0 Å². The minimum absolute atomic E-state index is 0.160. The summed E-state index contributed by atoms with van der Waals surface area (Å²) in [5.41, 5.74) is 0.768. The zero-order valence-corrected chi connectivity index (χ0v) is 8.87. The molecule has 0 saturated heterocycles. The number of alkyl halides is 3. The van der Waals surface area contributed by atoms with Gasteiger partial charge in [0.15, 0.2) is 0 Å².